The summed E-state index contributed by atoms with van der Waals surface area (Å²) in [6.45, 7) is 2.23. The molecule has 16 heavy (non-hydrogen) atoms. The summed E-state index contributed by atoms with van der Waals surface area (Å²) >= 11 is 0. The summed E-state index contributed by atoms with van der Waals surface area (Å²) in [5.74, 6) is 0.866. The fourth-order valence-corrected chi connectivity index (χ4v) is 2.75. The molecule has 1 N–H and O–H groups in total. The van der Waals surface area contributed by atoms with E-state index in [2.05, 4.69) is 4.90 Å². The monoisotopic (exact) mass is 219 g/mol. The highest BCUT2D eigenvalue weighted by molar-refractivity contribution is 5.40. The average Bonchev–Trinajstić information content (AvgIpc) is 2.84. The summed E-state index contributed by atoms with van der Waals surface area (Å²) in [4.78, 5) is 2.33. The maximum atomic E-state index is 9.86. The van der Waals surface area contributed by atoms with E-state index in [4.69, 9.17) is 4.74 Å². The first-order chi connectivity index (χ1) is 7.83. The second-order valence-corrected chi connectivity index (χ2v) is 4.77. The van der Waals surface area contributed by atoms with Crippen molar-refractivity contribution in [3.05, 3.63) is 35.8 Å². The molecule has 1 unspecified atom stereocenters. The van der Waals surface area contributed by atoms with Gasteiger partial charge in [-0.2, -0.15) is 0 Å². The fraction of sp³-hybridized carbons (Fsp3) is 0.538. The van der Waals surface area contributed by atoms with Crippen LogP contribution >= 0.6 is 0 Å². The molecule has 3 heterocycles. The van der Waals surface area contributed by atoms with Crippen LogP contribution < -0.4 is 0 Å². The number of allylic oxidation sites excluding steroid dienone is 5. The van der Waals surface area contributed by atoms with Crippen molar-refractivity contribution in [1.82, 2.24) is 4.90 Å². The van der Waals surface area contributed by atoms with Gasteiger partial charge in [-0.05, 0) is 30.9 Å². The molecule has 3 heteroatoms. The second-order valence-electron chi connectivity index (χ2n) is 4.77. The van der Waals surface area contributed by atoms with Crippen LogP contribution in [0.25, 0.3) is 0 Å². The Balaban J connectivity index is 1.69. The number of rotatable bonds is 2. The van der Waals surface area contributed by atoms with Gasteiger partial charge in [0, 0.05) is 19.5 Å². The van der Waals surface area contributed by atoms with E-state index in [1.54, 1.807) is 0 Å². The van der Waals surface area contributed by atoms with Gasteiger partial charge in [-0.15, -0.1) is 0 Å². The maximum absolute atomic E-state index is 9.86. The minimum atomic E-state index is 0.0718. The Hall–Kier alpha value is -1.22. The van der Waals surface area contributed by atoms with E-state index in [9.17, 15) is 5.11 Å². The Morgan fingerprint density at radius 3 is 2.50 bits per heavy atom. The Morgan fingerprint density at radius 2 is 1.94 bits per heavy atom. The number of hydrogen-bond acceptors (Lipinski definition) is 3. The molecular weight excluding hydrogens is 202 g/mol. The van der Waals surface area contributed by atoms with Crippen molar-refractivity contribution < 1.29 is 9.84 Å². The average molecular weight is 219 g/mol. The quantitative estimate of drug-likeness (QED) is 0.723. The van der Waals surface area contributed by atoms with Gasteiger partial charge in [0.25, 0.3) is 5.95 Å². The Labute approximate surface area is 95.7 Å². The molecule has 3 fully saturated rings. The first-order valence-corrected chi connectivity index (χ1v) is 6.01. The van der Waals surface area contributed by atoms with Gasteiger partial charge in [0.1, 0.15) is 0 Å². The molecule has 4 aliphatic rings. The predicted octanol–water partition coefficient (Wildman–Crippen LogP) is 2.34. The Morgan fingerprint density at radius 1 is 1.25 bits per heavy atom. The fourth-order valence-electron chi connectivity index (χ4n) is 2.75. The highest BCUT2D eigenvalue weighted by Gasteiger charge is 2.35. The minimum Gasteiger partial charge on any atom is -0.481 e. The molecule has 1 atom stereocenters. The van der Waals surface area contributed by atoms with Gasteiger partial charge in [0.15, 0.2) is 6.23 Å². The third-order valence-electron chi connectivity index (χ3n) is 3.75. The number of ether oxygens (including phenoxy) is 1. The number of aliphatic hydroxyl groups excluding tert-OH is 1. The Kier molecular flexibility index (Phi) is 2.48. The normalized spacial score (nSPS) is 35.8. The largest absolute Gasteiger partial charge is 0.481 e. The van der Waals surface area contributed by atoms with E-state index in [0.717, 1.165) is 31.0 Å². The third-order valence-corrected chi connectivity index (χ3v) is 3.75. The predicted molar refractivity (Wildman–Crippen MR) is 61.7 cm³/mol. The van der Waals surface area contributed by atoms with Gasteiger partial charge in [-0.3, -0.25) is 4.90 Å². The summed E-state index contributed by atoms with van der Waals surface area (Å²) < 4.78 is 5.67. The number of hydrogen-bond donors (Lipinski definition) is 1. The first kappa shape index (κ1) is 9.97. The van der Waals surface area contributed by atoms with E-state index in [-0.39, 0.29) is 12.2 Å². The highest BCUT2D eigenvalue weighted by Crippen LogP contribution is 2.33. The summed E-state index contributed by atoms with van der Waals surface area (Å²) in [6, 6.07) is 0. The topological polar surface area (TPSA) is 32.7 Å². The molecule has 86 valence electrons. The number of nitrogens with zero attached hydrogens (tertiary/aromatic N) is 1. The zero-order valence-electron chi connectivity index (χ0n) is 9.30. The maximum Gasteiger partial charge on any atom is 0.285 e. The van der Waals surface area contributed by atoms with Crippen molar-refractivity contribution in [3.63, 3.8) is 0 Å². The standard InChI is InChI=1S/C13H17NO2/c15-13(11-3-1-2-4-11)16-12-9-10-5-7-14(12)8-6-10/h1-4,10,12,15H,5-9H2. The minimum absolute atomic E-state index is 0.0718. The molecule has 0 aromatic rings. The molecule has 4 rings (SSSR count). The van der Waals surface area contributed by atoms with Crippen LogP contribution in [0.3, 0.4) is 0 Å². The first-order valence-electron chi connectivity index (χ1n) is 6.01. The molecule has 1 aliphatic carbocycles. The third kappa shape index (κ3) is 1.76. The van der Waals surface area contributed by atoms with Crippen molar-refractivity contribution in [2.24, 2.45) is 5.92 Å². The molecule has 0 radical (unpaired) electrons. The lowest BCUT2D eigenvalue weighted by Gasteiger charge is -2.44. The lowest BCUT2D eigenvalue weighted by Crippen LogP contribution is -2.49. The second kappa shape index (κ2) is 3.98. The van der Waals surface area contributed by atoms with E-state index >= 15 is 0 Å². The molecule has 3 aliphatic heterocycles. The van der Waals surface area contributed by atoms with Crippen LogP contribution in [-0.4, -0.2) is 29.3 Å². The molecule has 3 nitrogen and oxygen atoms in total. The van der Waals surface area contributed by atoms with Crippen molar-refractivity contribution in [2.75, 3.05) is 13.1 Å². The zero-order chi connectivity index (χ0) is 11.0. The van der Waals surface area contributed by atoms with Crippen LogP contribution in [0.1, 0.15) is 19.3 Å². The molecule has 3 saturated heterocycles. The van der Waals surface area contributed by atoms with Crippen molar-refractivity contribution in [2.45, 2.75) is 25.5 Å². The van der Waals surface area contributed by atoms with E-state index < -0.39 is 0 Å². The summed E-state index contributed by atoms with van der Waals surface area (Å²) in [6.07, 6.45) is 11.3. The van der Waals surface area contributed by atoms with Crippen molar-refractivity contribution in [3.8, 4) is 0 Å². The zero-order valence-corrected chi connectivity index (χ0v) is 9.30. The molecule has 0 aromatic heterocycles. The SMILES string of the molecule is OC(OC1CC2CCN1CC2)=C1C=CC=C1. The molecule has 2 bridgehead atoms. The van der Waals surface area contributed by atoms with Crippen LogP contribution in [-0.2, 0) is 4.74 Å². The van der Waals surface area contributed by atoms with Gasteiger partial charge in [0.05, 0.1) is 5.57 Å². The van der Waals surface area contributed by atoms with E-state index in [1.165, 1.54) is 12.8 Å². The van der Waals surface area contributed by atoms with Gasteiger partial charge >= 0.3 is 0 Å². The van der Waals surface area contributed by atoms with Crippen molar-refractivity contribution >= 4 is 0 Å². The highest BCUT2D eigenvalue weighted by atomic mass is 16.6. The lowest BCUT2D eigenvalue weighted by atomic mass is 9.87. The number of piperidine rings is 3. The van der Waals surface area contributed by atoms with Crippen LogP contribution in [0, 0.1) is 5.92 Å². The van der Waals surface area contributed by atoms with Crippen LogP contribution in [0.5, 0.6) is 0 Å². The summed E-state index contributed by atoms with van der Waals surface area (Å²) in [5.41, 5.74) is 0.780. The van der Waals surface area contributed by atoms with Crippen LogP contribution in [0.2, 0.25) is 0 Å². The molecular formula is C13H17NO2. The van der Waals surface area contributed by atoms with E-state index in [1.807, 2.05) is 24.3 Å². The molecule has 0 aromatic carbocycles. The summed E-state index contributed by atoms with van der Waals surface area (Å²) in [7, 11) is 0. The van der Waals surface area contributed by atoms with Crippen molar-refractivity contribution in [1.29, 1.82) is 0 Å². The Bertz CT molecular complexity index is 348. The van der Waals surface area contributed by atoms with Crippen LogP contribution in [0.4, 0.5) is 0 Å². The number of aliphatic hydroxyl groups is 1. The van der Waals surface area contributed by atoms with Gasteiger partial charge in [-0.1, -0.05) is 12.2 Å². The molecule has 0 spiro atoms. The summed E-state index contributed by atoms with van der Waals surface area (Å²) in [5, 5.41) is 9.86. The molecule has 0 amide bonds. The number of fused-ring (bicyclic) bond motifs is 3. The van der Waals surface area contributed by atoms with Gasteiger partial charge < -0.3 is 9.84 Å². The van der Waals surface area contributed by atoms with Gasteiger partial charge in [0.2, 0.25) is 0 Å². The molecule has 0 saturated carbocycles. The van der Waals surface area contributed by atoms with E-state index in [0.29, 0.717) is 0 Å². The van der Waals surface area contributed by atoms with Crippen LogP contribution in [0.15, 0.2) is 35.8 Å². The lowest BCUT2D eigenvalue weighted by molar-refractivity contribution is -0.119. The smallest absolute Gasteiger partial charge is 0.285 e. The van der Waals surface area contributed by atoms with Gasteiger partial charge in [-0.25, -0.2) is 0 Å².